The summed E-state index contributed by atoms with van der Waals surface area (Å²) >= 11 is 0. The van der Waals surface area contributed by atoms with E-state index in [4.69, 9.17) is 33.2 Å². The molecular formula is C31H36O8. The van der Waals surface area contributed by atoms with Crippen molar-refractivity contribution in [2.45, 2.75) is 45.2 Å². The molecule has 8 heteroatoms. The summed E-state index contributed by atoms with van der Waals surface area (Å²) in [4.78, 5) is 0. The van der Waals surface area contributed by atoms with E-state index in [1.807, 2.05) is 43.3 Å². The lowest BCUT2D eigenvalue weighted by Gasteiger charge is -2.24. The summed E-state index contributed by atoms with van der Waals surface area (Å²) in [7, 11) is 4.75. The van der Waals surface area contributed by atoms with Gasteiger partial charge in [0.25, 0.3) is 0 Å². The van der Waals surface area contributed by atoms with E-state index in [0.717, 1.165) is 22.6 Å². The molecule has 2 aliphatic rings. The third kappa shape index (κ3) is 5.18. The van der Waals surface area contributed by atoms with Gasteiger partial charge in [0.05, 0.1) is 33.5 Å². The molecule has 0 aromatic heterocycles. The lowest BCUT2D eigenvalue weighted by molar-refractivity contribution is 0.0285. The molecule has 208 valence electrons. The Morgan fingerprint density at radius 1 is 0.718 bits per heavy atom. The van der Waals surface area contributed by atoms with E-state index >= 15 is 0 Å². The van der Waals surface area contributed by atoms with E-state index in [1.165, 1.54) is 0 Å². The molecular weight excluding hydrogens is 500 g/mol. The number of aliphatic hydroxyl groups is 1. The van der Waals surface area contributed by atoms with Crippen LogP contribution in [0.15, 0.2) is 54.6 Å². The molecule has 0 bridgehead atoms. The highest BCUT2D eigenvalue weighted by Crippen LogP contribution is 2.51. The third-order valence-corrected chi connectivity index (χ3v) is 7.83. The van der Waals surface area contributed by atoms with Crippen LogP contribution >= 0.6 is 0 Å². The fraction of sp³-hybridized carbons (Fsp3) is 0.419. The summed E-state index contributed by atoms with van der Waals surface area (Å²) in [6.07, 6.45) is -1.64. The Morgan fingerprint density at radius 3 is 2.00 bits per heavy atom. The van der Waals surface area contributed by atoms with E-state index in [2.05, 4.69) is 13.8 Å². The second-order valence-corrected chi connectivity index (χ2v) is 10.1. The monoisotopic (exact) mass is 536 g/mol. The molecule has 3 aromatic rings. The molecule has 0 radical (unpaired) electrons. The van der Waals surface area contributed by atoms with Crippen LogP contribution in [0.1, 0.15) is 55.8 Å². The lowest BCUT2D eigenvalue weighted by atomic mass is 9.85. The van der Waals surface area contributed by atoms with Gasteiger partial charge in [-0.05, 0) is 71.8 Å². The van der Waals surface area contributed by atoms with E-state index < -0.39 is 12.2 Å². The average molecular weight is 537 g/mol. The summed E-state index contributed by atoms with van der Waals surface area (Å²) in [6, 6.07) is 17.2. The number of methoxy groups -OCH3 is 3. The minimum Gasteiger partial charge on any atom is -0.493 e. The number of aliphatic hydroxyl groups excluding tert-OH is 1. The van der Waals surface area contributed by atoms with Crippen LogP contribution in [-0.2, 0) is 4.74 Å². The maximum absolute atomic E-state index is 11.0. The maximum Gasteiger partial charge on any atom is 0.231 e. The second kappa shape index (κ2) is 11.2. The van der Waals surface area contributed by atoms with Gasteiger partial charge in [0.2, 0.25) is 6.79 Å². The molecule has 1 saturated heterocycles. The van der Waals surface area contributed by atoms with Gasteiger partial charge in [0.1, 0.15) is 12.2 Å². The minimum absolute atomic E-state index is 0.0712. The van der Waals surface area contributed by atoms with Crippen molar-refractivity contribution < 1.29 is 38.3 Å². The largest absolute Gasteiger partial charge is 0.493 e. The Kier molecular flexibility index (Phi) is 7.77. The summed E-state index contributed by atoms with van der Waals surface area (Å²) < 4.78 is 40.2. The predicted molar refractivity (Wildman–Crippen MR) is 145 cm³/mol. The van der Waals surface area contributed by atoms with Crippen LogP contribution in [0.25, 0.3) is 0 Å². The molecule has 6 atom stereocenters. The number of rotatable bonds is 9. The highest BCUT2D eigenvalue weighted by Gasteiger charge is 2.41. The summed E-state index contributed by atoms with van der Waals surface area (Å²) in [5.41, 5.74) is 2.74. The van der Waals surface area contributed by atoms with Crippen LogP contribution in [-0.4, -0.2) is 39.3 Å². The summed E-state index contributed by atoms with van der Waals surface area (Å²) in [5.74, 6) is 4.33. The first-order valence-electron chi connectivity index (χ1n) is 13.1. The maximum atomic E-state index is 11.0. The number of hydrogen-bond donors (Lipinski definition) is 1. The molecule has 3 aromatic carbocycles. The van der Waals surface area contributed by atoms with Crippen molar-refractivity contribution in [3.05, 3.63) is 71.3 Å². The van der Waals surface area contributed by atoms with Crippen LogP contribution in [0.4, 0.5) is 0 Å². The van der Waals surface area contributed by atoms with Crippen molar-refractivity contribution in [1.82, 2.24) is 0 Å². The third-order valence-electron chi connectivity index (χ3n) is 7.83. The van der Waals surface area contributed by atoms with Gasteiger partial charge in [0.15, 0.2) is 34.5 Å². The van der Waals surface area contributed by atoms with Gasteiger partial charge in [-0.15, -0.1) is 0 Å². The van der Waals surface area contributed by atoms with Crippen molar-refractivity contribution in [3.8, 4) is 34.5 Å². The Hall–Kier alpha value is -3.62. The van der Waals surface area contributed by atoms with Gasteiger partial charge in [-0.25, -0.2) is 0 Å². The van der Waals surface area contributed by atoms with E-state index in [0.29, 0.717) is 28.6 Å². The SMILES string of the molecule is COc1ccc([C@H](O)[C@@H](C)Oc2ccc([C@H]3O[C@H](c4ccc5c(c4)OCO5)[C@H](C)[C@H]3C)cc2OC)cc1OC. The average Bonchev–Trinajstić information content (AvgIpc) is 3.56. The van der Waals surface area contributed by atoms with Crippen LogP contribution in [0.3, 0.4) is 0 Å². The van der Waals surface area contributed by atoms with Gasteiger partial charge in [-0.3, -0.25) is 0 Å². The van der Waals surface area contributed by atoms with Crippen LogP contribution in [0.2, 0.25) is 0 Å². The molecule has 0 saturated carbocycles. The molecule has 5 rings (SSSR count). The Bertz CT molecular complexity index is 1310. The standard InChI is InChI=1S/C31H36O8/c1-17-18(2)31(22-8-11-24-28(15-22)37-16-36-24)39-30(17)21-9-12-25(27(14-21)35-6)38-19(3)29(32)20-7-10-23(33-4)26(13-20)34-5/h7-15,17-19,29-32H,16H2,1-6H3/t17-,18-,19-,29-,30+,31+/m1/s1. The fourth-order valence-electron chi connectivity index (χ4n) is 5.34. The Balaban J connectivity index is 1.32. The number of fused-ring (bicyclic) bond motifs is 1. The van der Waals surface area contributed by atoms with Crippen molar-refractivity contribution in [3.63, 3.8) is 0 Å². The Labute approximate surface area is 229 Å². The van der Waals surface area contributed by atoms with Crippen LogP contribution < -0.4 is 28.4 Å². The summed E-state index contributed by atoms with van der Waals surface area (Å²) in [5, 5.41) is 11.0. The molecule has 8 nitrogen and oxygen atoms in total. The van der Waals surface area contributed by atoms with E-state index in [-0.39, 0.29) is 30.8 Å². The molecule has 1 N–H and O–H groups in total. The van der Waals surface area contributed by atoms with Crippen LogP contribution in [0, 0.1) is 11.8 Å². The zero-order chi connectivity index (χ0) is 27.7. The lowest BCUT2D eigenvalue weighted by Crippen LogP contribution is -2.22. The quantitative estimate of drug-likeness (QED) is 0.355. The van der Waals surface area contributed by atoms with E-state index in [9.17, 15) is 5.11 Å². The van der Waals surface area contributed by atoms with Gasteiger partial charge in [-0.1, -0.05) is 32.0 Å². The normalized spacial score (nSPS) is 23.3. The Morgan fingerprint density at radius 2 is 1.31 bits per heavy atom. The number of ether oxygens (including phenoxy) is 7. The molecule has 0 unspecified atom stereocenters. The van der Waals surface area contributed by atoms with Crippen molar-refractivity contribution >= 4 is 0 Å². The zero-order valence-corrected chi connectivity index (χ0v) is 23.2. The minimum atomic E-state index is -0.893. The first-order chi connectivity index (χ1) is 18.8. The van der Waals surface area contributed by atoms with Gasteiger partial charge in [0, 0.05) is 0 Å². The molecule has 2 heterocycles. The van der Waals surface area contributed by atoms with Crippen LogP contribution in [0.5, 0.6) is 34.5 Å². The fourth-order valence-corrected chi connectivity index (χ4v) is 5.34. The molecule has 0 aliphatic carbocycles. The topological polar surface area (TPSA) is 84.8 Å². The highest BCUT2D eigenvalue weighted by atomic mass is 16.7. The molecule has 0 amide bonds. The zero-order valence-electron chi connectivity index (χ0n) is 23.2. The summed E-state index contributed by atoms with van der Waals surface area (Å²) in [6.45, 7) is 6.48. The molecule has 0 spiro atoms. The van der Waals surface area contributed by atoms with E-state index in [1.54, 1.807) is 39.5 Å². The molecule has 2 aliphatic heterocycles. The smallest absolute Gasteiger partial charge is 0.231 e. The molecule has 39 heavy (non-hydrogen) atoms. The van der Waals surface area contributed by atoms with Gasteiger partial charge >= 0.3 is 0 Å². The first kappa shape index (κ1) is 27.0. The number of hydrogen-bond acceptors (Lipinski definition) is 8. The second-order valence-electron chi connectivity index (χ2n) is 10.1. The van der Waals surface area contributed by atoms with Crippen molar-refractivity contribution in [2.24, 2.45) is 11.8 Å². The van der Waals surface area contributed by atoms with Gasteiger partial charge < -0.3 is 38.3 Å². The predicted octanol–water partition coefficient (Wildman–Crippen LogP) is 6.03. The highest BCUT2D eigenvalue weighted by molar-refractivity contribution is 5.47. The molecule has 1 fully saturated rings. The number of benzene rings is 3. The van der Waals surface area contributed by atoms with Crippen molar-refractivity contribution in [2.75, 3.05) is 28.1 Å². The first-order valence-corrected chi connectivity index (χ1v) is 13.1. The van der Waals surface area contributed by atoms with Gasteiger partial charge in [-0.2, -0.15) is 0 Å². The van der Waals surface area contributed by atoms with Crippen molar-refractivity contribution in [1.29, 1.82) is 0 Å².